The molecule has 0 saturated carbocycles. The first-order chi connectivity index (χ1) is 11.2. The molecule has 1 N–H and O–H groups in total. The van der Waals surface area contributed by atoms with Crippen LogP contribution in [0, 0.1) is 11.3 Å². The van der Waals surface area contributed by atoms with Crippen LogP contribution in [0.25, 0.3) is 0 Å². The van der Waals surface area contributed by atoms with Crippen molar-refractivity contribution in [3.63, 3.8) is 0 Å². The van der Waals surface area contributed by atoms with E-state index in [1.54, 1.807) is 29.2 Å². The molecule has 0 aliphatic carbocycles. The van der Waals surface area contributed by atoms with E-state index >= 15 is 0 Å². The number of fused-ring (bicyclic) bond motifs is 1. The Morgan fingerprint density at radius 2 is 1.87 bits per heavy atom. The maximum atomic E-state index is 12.4. The van der Waals surface area contributed by atoms with Crippen LogP contribution in [-0.2, 0) is 16.0 Å². The van der Waals surface area contributed by atoms with Gasteiger partial charge in [-0.1, -0.05) is 30.3 Å². The lowest BCUT2D eigenvalue weighted by atomic mass is 10.2. The van der Waals surface area contributed by atoms with E-state index in [0.29, 0.717) is 17.8 Å². The molecule has 1 aliphatic heterocycles. The molecule has 2 amide bonds. The zero-order valence-electron chi connectivity index (χ0n) is 12.5. The standard InChI is InChI=1S/C18H15N3O2/c19-12-14-6-1-3-7-15(14)20-17(22)11-18(23)21-10-9-13-5-2-4-8-16(13)21/h1-8H,9-11H2,(H,20,22). The largest absolute Gasteiger partial charge is 0.324 e. The van der Waals surface area contributed by atoms with E-state index in [4.69, 9.17) is 5.26 Å². The molecule has 0 atom stereocenters. The number of nitrogens with zero attached hydrogens (tertiary/aromatic N) is 2. The van der Waals surface area contributed by atoms with Crippen LogP contribution in [0.3, 0.4) is 0 Å². The second-order valence-electron chi connectivity index (χ2n) is 5.31. The normalized spacial score (nSPS) is 12.4. The Balaban J connectivity index is 1.67. The molecule has 0 radical (unpaired) electrons. The summed E-state index contributed by atoms with van der Waals surface area (Å²) >= 11 is 0. The number of amides is 2. The fraction of sp³-hybridized carbons (Fsp3) is 0.167. The summed E-state index contributed by atoms with van der Waals surface area (Å²) < 4.78 is 0. The highest BCUT2D eigenvalue weighted by Crippen LogP contribution is 2.28. The third-order valence-electron chi connectivity index (χ3n) is 3.82. The predicted molar refractivity (Wildman–Crippen MR) is 86.9 cm³/mol. The predicted octanol–water partition coefficient (Wildman–Crippen LogP) is 2.48. The van der Waals surface area contributed by atoms with Crippen LogP contribution in [0.4, 0.5) is 11.4 Å². The van der Waals surface area contributed by atoms with Gasteiger partial charge in [-0.05, 0) is 30.2 Å². The van der Waals surface area contributed by atoms with Crippen molar-refractivity contribution < 1.29 is 9.59 Å². The molecule has 0 saturated heterocycles. The number of carbonyl (C=O) groups excluding carboxylic acids is 2. The molecule has 5 nitrogen and oxygen atoms in total. The van der Waals surface area contributed by atoms with Crippen LogP contribution in [0.1, 0.15) is 17.5 Å². The van der Waals surface area contributed by atoms with Crippen LogP contribution in [-0.4, -0.2) is 18.4 Å². The van der Waals surface area contributed by atoms with Crippen molar-refractivity contribution in [1.82, 2.24) is 0 Å². The summed E-state index contributed by atoms with van der Waals surface area (Å²) in [5.74, 6) is -0.649. The number of benzene rings is 2. The minimum absolute atomic E-state index is 0.234. The Morgan fingerprint density at radius 3 is 2.70 bits per heavy atom. The fourth-order valence-electron chi connectivity index (χ4n) is 2.71. The van der Waals surface area contributed by atoms with Crippen LogP contribution in [0.2, 0.25) is 0 Å². The molecule has 2 aromatic carbocycles. The Morgan fingerprint density at radius 1 is 1.13 bits per heavy atom. The van der Waals surface area contributed by atoms with E-state index in [1.807, 2.05) is 30.3 Å². The number of nitrogens with one attached hydrogen (secondary N) is 1. The quantitative estimate of drug-likeness (QED) is 0.885. The first-order valence-electron chi connectivity index (χ1n) is 7.36. The number of para-hydroxylation sites is 2. The highest BCUT2D eigenvalue weighted by Gasteiger charge is 2.25. The highest BCUT2D eigenvalue weighted by molar-refractivity contribution is 6.10. The summed E-state index contributed by atoms with van der Waals surface area (Å²) in [5, 5.41) is 11.6. The van der Waals surface area contributed by atoms with Crippen LogP contribution in [0.15, 0.2) is 48.5 Å². The summed E-state index contributed by atoms with van der Waals surface area (Å²) in [6.45, 7) is 0.597. The van der Waals surface area contributed by atoms with Gasteiger partial charge < -0.3 is 10.2 Å². The van der Waals surface area contributed by atoms with Gasteiger partial charge in [0.1, 0.15) is 12.5 Å². The lowest BCUT2D eigenvalue weighted by molar-refractivity contribution is -0.125. The molecule has 3 rings (SSSR count). The number of nitriles is 1. The van der Waals surface area contributed by atoms with Crippen molar-refractivity contribution in [3.8, 4) is 6.07 Å². The fourth-order valence-corrected chi connectivity index (χ4v) is 2.71. The number of hydrogen-bond donors (Lipinski definition) is 1. The van der Waals surface area contributed by atoms with Gasteiger partial charge in [0.25, 0.3) is 0 Å². The molecule has 0 bridgehead atoms. The molecule has 2 aromatic rings. The zero-order valence-corrected chi connectivity index (χ0v) is 12.5. The highest BCUT2D eigenvalue weighted by atomic mass is 16.2. The van der Waals surface area contributed by atoms with E-state index in [-0.39, 0.29) is 12.3 Å². The number of carbonyl (C=O) groups is 2. The van der Waals surface area contributed by atoms with Crippen LogP contribution in [0.5, 0.6) is 0 Å². The van der Waals surface area contributed by atoms with Crippen molar-refractivity contribution in [1.29, 1.82) is 5.26 Å². The molecule has 1 aliphatic rings. The average Bonchev–Trinajstić information content (AvgIpc) is 2.99. The lowest BCUT2D eigenvalue weighted by Gasteiger charge is -2.17. The summed E-state index contributed by atoms with van der Waals surface area (Å²) in [7, 11) is 0. The first kappa shape index (κ1) is 14.8. The summed E-state index contributed by atoms with van der Waals surface area (Å²) in [5.41, 5.74) is 2.80. The smallest absolute Gasteiger partial charge is 0.236 e. The monoisotopic (exact) mass is 305 g/mol. The number of rotatable bonds is 3. The lowest BCUT2D eigenvalue weighted by Crippen LogP contribution is -2.32. The zero-order chi connectivity index (χ0) is 16.2. The van der Waals surface area contributed by atoms with Gasteiger partial charge in [-0.25, -0.2) is 0 Å². The van der Waals surface area contributed by atoms with E-state index in [1.165, 1.54) is 0 Å². The average molecular weight is 305 g/mol. The van der Waals surface area contributed by atoms with E-state index in [2.05, 4.69) is 5.32 Å². The topological polar surface area (TPSA) is 73.2 Å². The van der Waals surface area contributed by atoms with Gasteiger partial charge in [-0.3, -0.25) is 9.59 Å². The third-order valence-corrected chi connectivity index (χ3v) is 3.82. The summed E-state index contributed by atoms with van der Waals surface area (Å²) in [6, 6.07) is 16.4. The Bertz CT molecular complexity index is 808. The van der Waals surface area contributed by atoms with Crippen molar-refractivity contribution in [2.45, 2.75) is 12.8 Å². The maximum absolute atomic E-state index is 12.4. The summed E-state index contributed by atoms with van der Waals surface area (Å²) in [4.78, 5) is 26.1. The molecule has 114 valence electrons. The van der Waals surface area contributed by atoms with Gasteiger partial charge >= 0.3 is 0 Å². The SMILES string of the molecule is N#Cc1ccccc1NC(=O)CC(=O)N1CCc2ccccc21. The Kier molecular flexibility index (Phi) is 4.07. The molecule has 0 unspecified atom stereocenters. The molecule has 23 heavy (non-hydrogen) atoms. The van der Waals surface area contributed by atoms with E-state index in [0.717, 1.165) is 17.7 Å². The van der Waals surface area contributed by atoms with Gasteiger partial charge in [0.15, 0.2) is 0 Å². The van der Waals surface area contributed by atoms with Crippen molar-refractivity contribution in [2.24, 2.45) is 0 Å². The van der Waals surface area contributed by atoms with Gasteiger partial charge in [-0.15, -0.1) is 0 Å². The maximum Gasteiger partial charge on any atom is 0.236 e. The third kappa shape index (κ3) is 3.06. The molecule has 5 heteroatoms. The number of anilines is 2. The molecular formula is C18H15N3O2. The first-order valence-corrected chi connectivity index (χ1v) is 7.36. The van der Waals surface area contributed by atoms with Crippen LogP contribution < -0.4 is 10.2 Å². The Labute approximate surface area is 134 Å². The molecular weight excluding hydrogens is 290 g/mol. The van der Waals surface area contributed by atoms with Gasteiger partial charge in [0.05, 0.1) is 11.3 Å². The molecule has 1 heterocycles. The van der Waals surface area contributed by atoms with Gasteiger partial charge in [0, 0.05) is 12.2 Å². The Hall–Kier alpha value is -3.13. The van der Waals surface area contributed by atoms with Gasteiger partial charge in [0.2, 0.25) is 11.8 Å². The molecule has 0 spiro atoms. The molecule has 0 aromatic heterocycles. The minimum atomic E-state index is -0.415. The van der Waals surface area contributed by atoms with Crippen molar-refractivity contribution in [3.05, 3.63) is 59.7 Å². The molecule has 0 fully saturated rings. The van der Waals surface area contributed by atoms with Crippen molar-refractivity contribution in [2.75, 3.05) is 16.8 Å². The van der Waals surface area contributed by atoms with E-state index < -0.39 is 5.91 Å². The summed E-state index contributed by atoms with van der Waals surface area (Å²) in [6.07, 6.45) is 0.564. The van der Waals surface area contributed by atoms with Gasteiger partial charge in [-0.2, -0.15) is 5.26 Å². The van der Waals surface area contributed by atoms with Crippen LogP contribution >= 0.6 is 0 Å². The number of hydrogen-bond acceptors (Lipinski definition) is 3. The second kappa shape index (κ2) is 6.32. The van der Waals surface area contributed by atoms with E-state index in [9.17, 15) is 9.59 Å². The second-order valence-corrected chi connectivity index (χ2v) is 5.31. The van der Waals surface area contributed by atoms with Crippen molar-refractivity contribution >= 4 is 23.2 Å². The minimum Gasteiger partial charge on any atom is -0.324 e.